The Hall–Kier alpha value is -2.32. The molecule has 2 saturated carbocycles. The molecule has 0 heterocycles. The minimum atomic E-state index is -0.642. The van der Waals surface area contributed by atoms with Gasteiger partial charge in [-0.25, -0.2) is 0 Å². The van der Waals surface area contributed by atoms with Crippen LogP contribution in [0.3, 0.4) is 0 Å². The number of carbonyl (C=O) groups is 4. The molecule has 0 saturated heterocycles. The number of fused-ring (bicyclic) bond motifs is 2. The van der Waals surface area contributed by atoms with Gasteiger partial charge in [0.05, 0.1) is 11.8 Å². The Labute approximate surface area is 208 Å². The molecule has 33 heavy (non-hydrogen) atoms. The molecule has 0 spiro atoms. The van der Waals surface area contributed by atoms with Crippen LogP contribution < -0.4 is 0 Å². The monoisotopic (exact) mass is 576 g/mol. The summed E-state index contributed by atoms with van der Waals surface area (Å²) < 4.78 is 12.4. The van der Waals surface area contributed by atoms with Crippen LogP contribution in [0.1, 0.15) is 40.0 Å². The summed E-state index contributed by atoms with van der Waals surface area (Å²) in [6.45, 7) is -0.754. The highest BCUT2D eigenvalue weighted by Crippen LogP contribution is 2.53. The van der Waals surface area contributed by atoms with E-state index in [1.807, 2.05) is 0 Å². The number of hydrogen-bond donors (Lipinski definition) is 0. The molecule has 8 heteroatoms. The van der Waals surface area contributed by atoms with Crippen molar-refractivity contribution in [1.29, 1.82) is 0 Å². The number of benzene rings is 2. The summed E-state index contributed by atoms with van der Waals surface area (Å²) in [6.07, 6.45) is 2.43. The van der Waals surface area contributed by atoms with Gasteiger partial charge in [0.2, 0.25) is 0 Å². The topological polar surface area (TPSA) is 86.7 Å². The summed E-state index contributed by atoms with van der Waals surface area (Å²) in [5, 5.41) is 0. The van der Waals surface area contributed by atoms with Crippen LogP contribution in [0, 0.1) is 23.7 Å². The second-order valence-electron chi connectivity index (χ2n) is 8.46. The lowest BCUT2D eigenvalue weighted by molar-refractivity contribution is -0.162. The van der Waals surface area contributed by atoms with Crippen LogP contribution in [0.4, 0.5) is 0 Å². The van der Waals surface area contributed by atoms with E-state index in [1.54, 1.807) is 48.5 Å². The van der Waals surface area contributed by atoms with Crippen molar-refractivity contribution in [3.63, 3.8) is 0 Å². The van der Waals surface area contributed by atoms with Crippen molar-refractivity contribution >= 4 is 55.4 Å². The Morgan fingerprint density at radius 3 is 1.39 bits per heavy atom. The summed E-state index contributed by atoms with van der Waals surface area (Å²) in [4.78, 5) is 50.5. The maximum absolute atomic E-state index is 12.9. The quantitative estimate of drug-likeness (QED) is 0.323. The molecule has 4 unspecified atom stereocenters. The van der Waals surface area contributed by atoms with Crippen LogP contribution >= 0.6 is 31.9 Å². The van der Waals surface area contributed by atoms with E-state index >= 15 is 0 Å². The molecule has 2 aromatic carbocycles. The first-order chi connectivity index (χ1) is 15.8. The Kier molecular flexibility index (Phi) is 7.44. The Morgan fingerprint density at radius 1 is 0.667 bits per heavy atom. The average Bonchev–Trinajstić information content (AvgIpc) is 3.43. The molecular formula is C25H22Br2O6. The molecule has 2 aromatic rings. The van der Waals surface area contributed by atoms with Crippen LogP contribution in [0.5, 0.6) is 0 Å². The lowest BCUT2D eigenvalue weighted by atomic mass is 9.79. The average molecular weight is 578 g/mol. The van der Waals surface area contributed by atoms with Gasteiger partial charge in [-0.05, 0) is 55.4 Å². The third-order valence-electron chi connectivity index (χ3n) is 6.48. The van der Waals surface area contributed by atoms with Crippen molar-refractivity contribution in [2.75, 3.05) is 13.2 Å². The fourth-order valence-electron chi connectivity index (χ4n) is 4.87. The zero-order chi connectivity index (χ0) is 23.5. The van der Waals surface area contributed by atoms with Crippen LogP contribution in [0.15, 0.2) is 57.5 Å². The molecule has 0 aromatic heterocycles. The van der Waals surface area contributed by atoms with Crippen LogP contribution in [-0.2, 0) is 19.1 Å². The minimum absolute atomic E-state index is 0.0324. The van der Waals surface area contributed by atoms with Crippen molar-refractivity contribution in [3.8, 4) is 0 Å². The summed E-state index contributed by atoms with van der Waals surface area (Å²) in [5.41, 5.74) is 0.891. The molecule has 0 N–H and O–H groups in total. The van der Waals surface area contributed by atoms with Crippen molar-refractivity contribution in [1.82, 2.24) is 0 Å². The predicted octanol–water partition coefficient (Wildman–Crippen LogP) is 5.03. The number of Topliss-reactive ketones (excluding diaryl/α,β-unsaturated/α-hetero) is 2. The summed E-state index contributed by atoms with van der Waals surface area (Å²) in [5.74, 6) is -2.93. The lowest BCUT2D eigenvalue weighted by Crippen LogP contribution is -2.38. The third kappa shape index (κ3) is 5.44. The zero-order valence-electron chi connectivity index (χ0n) is 17.7. The van der Waals surface area contributed by atoms with Gasteiger partial charge in [0.25, 0.3) is 0 Å². The van der Waals surface area contributed by atoms with Gasteiger partial charge in [0.15, 0.2) is 24.8 Å². The molecule has 6 nitrogen and oxygen atoms in total. The molecule has 4 atom stereocenters. The number of rotatable bonds is 8. The number of ketones is 2. The number of ether oxygens (including phenoxy) is 2. The summed E-state index contributed by atoms with van der Waals surface area (Å²) >= 11 is 6.63. The first kappa shape index (κ1) is 23.8. The van der Waals surface area contributed by atoms with Crippen molar-refractivity contribution in [3.05, 3.63) is 68.6 Å². The van der Waals surface area contributed by atoms with Crippen LogP contribution in [0.25, 0.3) is 0 Å². The molecule has 172 valence electrons. The van der Waals surface area contributed by atoms with Gasteiger partial charge in [-0.1, -0.05) is 56.1 Å². The Balaban J connectivity index is 1.35. The first-order valence-electron chi connectivity index (χ1n) is 10.7. The number of carbonyl (C=O) groups excluding carboxylic acids is 4. The first-order valence-corrected chi connectivity index (χ1v) is 12.3. The standard InChI is InChI=1S/C25H22Br2O6/c26-18-7-3-14(4-8-18)20(28)12-32-24(30)22-16-1-2-17(11-16)23(22)25(31)33-13-21(29)15-5-9-19(27)10-6-15/h3-10,16-17,22-23H,1-2,11-13H2. The SMILES string of the molecule is O=C(COC(=O)C1C2CCC(C2)C1C(=O)OCC(=O)c1ccc(Br)cc1)c1ccc(Br)cc1. The van der Waals surface area contributed by atoms with Crippen molar-refractivity contribution in [2.24, 2.45) is 23.7 Å². The fraction of sp³-hybridized carbons (Fsp3) is 0.360. The molecule has 2 fully saturated rings. The predicted molar refractivity (Wildman–Crippen MR) is 127 cm³/mol. The van der Waals surface area contributed by atoms with E-state index in [0.717, 1.165) is 28.2 Å². The van der Waals surface area contributed by atoms with Crippen molar-refractivity contribution < 1.29 is 28.7 Å². The molecule has 2 aliphatic carbocycles. The molecular weight excluding hydrogens is 556 g/mol. The highest BCUT2D eigenvalue weighted by molar-refractivity contribution is 9.10. The summed E-state index contributed by atoms with van der Waals surface area (Å²) in [6, 6.07) is 13.6. The molecule has 2 aliphatic rings. The van der Waals surface area contributed by atoms with Gasteiger partial charge < -0.3 is 9.47 Å². The van der Waals surface area contributed by atoms with E-state index < -0.39 is 23.8 Å². The largest absolute Gasteiger partial charge is 0.457 e. The minimum Gasteiger partial charge on any atom is -0.457 e. The molecule has 4 rings (SSSR count). The molecule has 2 bridgehead atoms. The smallest absolute Gasteiger partial charge is 0.310 e. The van der Waals surface area contributed by atoms with Gasteiger partial charge in [-0.3, -0.25) is 19.2 Å². The Bertz CT molecular complexity index is 978. The maximum Gasteiger partial charge on any atom is 0.310 e. The van der Waals surface area contributed by atoms with Crippen LogP contribution in [0.2, 0.25) is 0 Å². The maximum atomic E-state index is 12.9. The molecule has 0 aliphatic heterocycles. The van der Waals surface area contributed by atoms with Gasteiger partial charge >= 0.3 is 11.9 Å². The number of hydrogen-bond acceptors (Lipinski definition) is 6. The van der Waals surface area contributed by atoms with E-state index in [0.29, 0.717) is 11.1 Å². The van der Waals surface area contributed by atoms with E-state index in [9.17, 15) is 19.2 Å². The van der Waals surface area contributed by atoms with E-state index in [2.05, 4.69) is 31.9 Å². The number of halogens is 2. The zero-order valence-corrected chi connectivity index (χ0v) is 20.8. The molecule has 0 radical (unpaired) electrons. The highest BCUT2D eigenvalue weighted by Gasteiger charge is 2.55. The fourth-order valence-corrected chi connectivity index (χ4v) is 5.40. The van der Waals surface area contributed by atoms with Crippen LogP contribution in [-0.4, -0.2) is 36.7 Å². The van der Waals surface area contributed by atoms with Gasteiger partial charge in [-0.2, -0.15) is 0 Å². The van der Waals surface area contributed by atoms with Gasteiger partial charge in [-0.15, -0.1) is 0 Å². The molecule has 0 amide bonds. The summed E-state index contributed by atoms with van der Waals surface area (Å²) in [7, 11) is 0. The normalized spacial score (nSPS) is 23.2. The van der Waals surface area contributed by atoms with E-state index in [4.69, 9.17) is 9.47 Å². The van der Waals surface area contributed by atoms with Gasteiger partial charge in [0.1, 0.15) is 0 Å². The van der Waals surface area contributed by atoms with E-state index in [-0.39, 0.29) is 36.6 Å². The van der Waals surface area contributed by atoms with Crippen molar-refractivity contribution in [2.45, 2.75) is 19.3 Å². The second kappa shape index (κ2) is 10.3. The Morgan fingerprint density at radius 2 is 1.03 bits per heavy atom. The number of esters is 2. The highest BCUT2D eigenvalue weighted by atomic mass is 79.9. The second-order valence-corrected chi connectivity index (χ2v) is 10.3. The lowest BCUT2D eigenvalue weighted by Gasteiger charge is -2.27. The van der Waals surface area contributed by atoms with Gasteiger partial charge in [0, 0.05) is 20.1 Å². The van der Waals surface area contributed by atoms with E-state index in [1.165, 1.54) is 0 Å². The third-order valence-corrected chi connectivity index (χ3v) is 7.54.